The van der Waals surface area contributed by atoms with Gasteiger partial charge in [-0.2, -0.15) is 0 Å². The van der Waals surface area contributed by atoms with Crippen LogP contribution in [-0.4, -0.2) is 13.2 Å². The summed E-state index contributed by atoms with van der Waals surface area (Å²) in [6, 6.07) is 13.0. The van der Waals surface area contributed by atoms with Crippen molar-refractivity contribution >= 4 is 0 Å². The number of hydrogen-bond donors (Lipinski definition) is 1. The summed E-state index contributed by atoms with van der Waals surface area (Å²) < 4.78 is 6.06. The average Bonchev–Trinajstić information content (AvgIpc) is 2.55. The van der Waals surface area contributed by atoms with Crippen molar-refractivity contribution < 1.29 is 4.74 Å². The zero-order valence-corrected chi connectivity index (χ0v) is 14.9. The Bertz CT molecular complexity index is 631. The summed E-state index contributed by atoms with van der Waals surface area (Å²) in [5.74, 6) is 1.46. The van der Waals surface area contributed by atoms with E-state index >= 15 is 0 Å². The fourth-order valence-corrected chi connectivity index (χ4v) is 2.91. The molecule has 0 fully saturated rings. The summed E-state index contributed by atoms with van der Waals surface area (Å²) in [5, 5.41) is 0. The molecule has 0 bridgehead atoms. The maximum absolute atomic E-state index is 6.06. The monoisotopic (exact) mass is 311 g/mol. The molecule has 2 rings (SSSR count). The minimum absolute atomic E-state index is 0.416. The largest absolute Gasteiger partial charge is 0.493 e. The molecular formula is C21H29NO. The van der Waals surface area contributed by atoms with Crippen molar-refractivity contribution in [3.63, 3.8) is 0 Å². The van der Waals surface area contributed by atoms with E-state index in [2.05, 4.69) is 64.1 Å². The second-order valence-electron chi connectivity index (χ2n) is 6.49. The normalized spacial score (nSPS) is 12.2. The van der Waals surface area contributed by atoms with Gasteiger partial charge in [0.25, 0.3) is 0 Å². The molecule has 0 aliphatic heterocycles. The van der Waals surface area contributed by atoms with E-state index in [1.165, 1.54) is 27.8 Å². The van der Waals surface area contributed by atoms with Gasteiger partial charge in [0.1, 0.15) is 5.75 Å². The maximum atomic E-state index is 6.06. The first-order valence-corrected chi connectivity index (χ1v) is 8.49. The van der Waals surface area contributed by atoms with Crippen molar-refractivity contribution in [3.05, 3.63) is 64.2 Å². The Hall–Kier alpha value is -1.80. The number of benzene rings is 2. The van der Waals surface area contributed by atoms with Gasteiger partial charge in [-0.3, -0.25) is 0 Å². The van der Waals surface area contributed by atoms with E-state index in [1.54, 1.807) is 0 Å². The molecule has 0 aromatic heterocycles. The van der Waals surface area contributed by atoms with E-state index in [9.17, 15) is 0 Å². The predicted molar refractivity (Wildman–Crippen MR) is 98.4 cm³/mol. The highest BCUT2D eigenvalue weighted by Crippen LogP contribution is 2.26. The molecule has 0 radical (unpaired) electrons. The highest BCUT2D eigenvalue weighted by atomic mass is 16.5. The summed E-state index contributed by atoms with van der Waals surface area (Å²) >= 11 is 0. The van der Waals surface area contributed by atoms with Crippen LogP contribution in [0.3, 0.4) is 0 Å². The number of nitrogens with two attached hydrogens (primary N) is 1. The quantitative estimate of drug-likeness (QED) is 0.744. The number of aryl methyl sites for hydroxylation is 3. The molecule has 124 valence electrons. The lowest BCUT2D eigenvalue weighted by atomic mass is 9.94. The Balaban J connectivity index is 1.89. The fourth-order valence-electron chi connectivity index (χ4n) is 2.91. The van der Waals surface area contributed by atoms with E-state index in [0.29, 0.717) is 12.5 Å². The summed E-state index contributed by atoms with van der Waals surface area (Å²) in [4.78, 5) is 0. The molecule has 2 heteroatoms. The molecule has 0 saturated heterocycles. The Morgan fingerprint density at radius 2 is 1.57 bits per heavy atom. The van der Waals surface area contributed by atoms with Crippen molar-refractivity contribution in [1.82, 2.24) is 0 Å². The van der Waals surface area contributed by atoms with E-state index in [-0.39, 0.29) is 0 Å². The van der Waals surface area contributed by atoms with E-state index in [1.807, 2.05) is 0 Å². The molecule has 2 N–H and O–H groups in total. The van der Waals surface area contributed by atoms with E-state index in [0.717, 1.165) is 25.2 Å². The van der Waals surface area contributed by atoms with Crippen molar-refractivity contribution in [2.24, 2.45) is 5.73 Å². The smallest absolute Gasteiger partial charge is 0.125 e. The second-order valence-corrected chi connectivity index (χ2v) is 6.49. The first-order valence-electron chi connectivity index (χ1n) is 8.49. The zero-order chi connectivity index (χ0) is 16.8. The third-order valence-electron chi connectivity index (χ3n) is 4.65. The lowest BCUT2D eigenvalue weighted by Gasteiger charge is -2.17. The van der Waals surface area contributed by atoms with Gasteiger partial charge in [0.05, 0.1) is 6.61 Å². The van der Waals surface area contributed by atoms with Crippen molar-refractivity contribution in [1.29, 1.82) is 0 Å². The molecule has 0 spiro atoms. The molecule has 1 unspecified atom stereocenters. The van der Waals surface area contributed by atoms with Crippen molar-refractivity contribution in [2.45, 2.75) is 46.5 Å². The molecular weight excluding hydrogens is 282 g/mol. The molecule has 0 aliphatic rings. The number of hydrogen-bond acceptors (Lipinski definition) is 2. The van der Waals surface area contributed by atoms with Crippen LogP contribution in [0.2, 0.25) is 0 Å². The predicted octanol–water partition coefficient (Wildman–Crippen LogP) is 4.82. The lowest BCUT2D eigenvalue weighted by molar-refractivity contribution is 0.298. The van der Waals surface area contributed by atoms with Crippen LogP contribution in [0.4, 0.5) is 0 Å². The third kappa shape index (κ3) is 4.59. The van der Waals surface area contributed by atoms with Crippen LogP contribution in [0.25, 0.3) is 0 Å². The molecule has 0 amide bonds. The Kier molecular flexibility index (Phi) is 6.23. The first-order chi connectivity index (χ1) is 11.0. The molecule has 2 aromatic rings. The SMILES string of the molecule is Cc1ccc(C(CN)CCCOc2c(C)ccc(C)c2C)cc1. The van der Waals surface area contributed by atoms with Crippen LogP contribution in [0.5, 0.6) is 5.75 Å². The molecule has 23 heavy (non-hydrogen) atoms. The van der Waals surface area contributed by atoms with Gasteiger partial charge in [-0.15, -0.1) is 0 Å². The van der Waals surface area contributed by atoms with Gasteiger partial charge >= 0.3 is 0 Å². The standard InChI is InChI=1S/C21H29NO/c1-15-7-11-19(12-8-15)20(14-22)6-5-13-23-21-17(3)10-9-16(2)18(21)4/h7-12,20H,5-6,13-14,22H2,1-4H3. The summed E-state index contributed by atoms with van der Waals surface area (Å²) in [6.45, 7) is 9.91. The van der Waals surface area contributed by atoms with Gasteiger partial charge in [-0.25, -0.2) is 0 Å². The average molecular weight is 311 g/mol. The lowest BCUT2D eigenvalue weighted by Crippen LogP contribution is -2.14. The maximum Gasteiger partial charge on any atom is 0.125 e. The number of rotatable bonds is 7. The van der Waals surface area contributed by atoms with Crippen LogP contribution < -0.4 is 10.5 Å². The molecule has 0 saturated carbocycles. The van der Waals surface area contributed by atoms with Crippen molar-refractivity contribution in [2.75, 3.05) is 13.2 Å². The van der Waals surface area contributed by atoms with Gasteiger partial charge in [0.15, 0.2) is 0 Å². The zero-order valence-electron chi connectivity index (χ0n) is 14.9. The second kappa shape index (κ2) is 8.16. The van der Waals surface area contributed by atoms with Gasteiger partial charge in [-0.1, -0.05) is 42.0 Å². The minimum Gasteiger partial charge on any atom is -0.493 e. The van der Waals surface area contributed by atoms with Gasteiger partial charge in [-0.05, 0) is 75.3 Å². The van der Waals surface area contributed by atoms with E-state index < -0.39 is 0 Å². The Labute approximate surface area is 140 Å². The van der Waals surface area contributed by atoms with E-state index in [4.69, 9.17) is 10.5 Å². The highest BCUT2D eigenvalue weighted by Gasteiger charge is 2.10. The first kappa shape index (κ1) is 17.6. The molecule has 0 heterocycles. The number of ether oxygens (including phenoxy) is 1. The van der Waals surface area contributed by atoms with Gasteiger partial charge in [0.2, 0.25) is 0 Å². The molecule has 2 aromatic carbocycles. The fraction of sp³-hybridized carbons (Fsp3) is 0.429. The Morgan fingerprint density at radius 1 is 0.913 bits per heavy atom. The molecule has 0 aliphatic carbocycles. The van der Waals surface area contributed by atoms with Crippen LogP contribution >= 0.6 is 0 Å². The summed E-state index contributed by atoms with van der Waals surface area (Å²) in [5.41, 5.74) is 12.3. The van der Waals surface area contributed by atoms with Crippen LogP contribution in [-0.2, 0) is 0 Å². The topological polar surface area (TPSA) is 35.2 Å². The van der Waals surface area contributed by atoms with Crippen molar-refractivity contribution in [3.8, 4) is 5.75 Å². The third-order valence-corrected chi connectivity index (χ3v) is 4.65. The summed E-state index contributed by atoms with van der Waals surface area (Å²) in [7, 11) is 0. The molecule has 1 atom stereocenters. The van der Waals surface area contributed by atoms with Gasteiger partial charge in [0, 0.05) is 0 Å². The minimum atomic E-state index is 0.416. The molecule has 2 nitrogen and oxygen atoms in total. The van der Waals surface area contributed by atoms with Crippen LogP contribution in [0.15, 0.2) is 36.4 Å². The van der Waals surface area contributed by atoms with Gasteiger partial charge < -0.3 is 10.5 Å². The van der Waals surface area contributed by atoms with Crippen LogP contribution in [0.1, 0.15) is 46.6 Å². The Morgan fingerprint density at radius 3 is 2.22 bits per heavy atom. The van der Waals surface area contributed by atoms with Crippen LogP contribution in [0, 0.1) is 27.7 Å². The summed E-state index contributed by atoms with van der Waals surface area (Å²) in [6.07, 6.45) is 2.08. The highest BCUT2D eigenvalue weighted by molar-refractivity contribution is 5.44.